The summed E-state index contributed by atoms with van der Waals surface area (Å²) < 4.78 is 2.71. The van der Waals surface area contributed by atoms with Crippen molar-refractivity contribution >= 4 is 51.5 Å². The molecule has 8 heteroatoms. The number of hydrogen-bond acceptors (Lipinski definition) is 4. The molecule has 0 saturated heterocycles. The Hall–Kier alpha value is -2.13. The van der Waals surface area contributed by atoms with Gasteiger partial charge in [0.2, 0.25) is 5.91 Å². The van der Waals surface area contributed by atoms with Crippen LogP contribution in [0, 0.1) is 3.57 Å². The van der Waals surface area contributed by atoms with Crippen molar-refractivity contribution in [3.63, 3.8) is 0 Å². The van der Waals surface area contributed by atoms with E-state index in [9.17, 15) is 4.79 Å². The maximum Gasteiger partial charge on any atom is 0.243 e. The lowest BCUT2D eigenvalue weighted by Crippen LogP contribution is -2.22. The summed E-state index contributed by atoms with van der Waals surface area (Å²) in [6, 6.07) is 13.0. The number of benzene rings is 2. The summed E-state index contributed by atoms with van der Waals surface area (Å²) in [6.07, 6.45) is 2.99. The van der Waals surface area contributed by atoms with E-state index in [4.69, 9.17) is 11.6 Å². The third-order valence-electron chi connectivity index (χ3n) is 3.20. The van der Waals surface area contributed by atoms with Crippen LogP contribution in [0.3, 0.4) is 0 Å². The van der Waals surface area contributed by atoms with Crippen molar-refractivity contribution < 1.29 is 4.79 Å². The Bertz CT molecular complexity index is 836. The second-order valence-corrected chi connectivity index (χ2v) is 6.59. The molecule has 6 nitrogen and oxygen atoms in total. The van der Waals surface area contributed by atoms with E-state index in [2.05, 4.69) is 43.3 Å². The number of carbonyl (C=O) groups excluding carboxylic acids is 1. The molecule has 1 amide bonds. The molecule has 0 saturated carbocycles. The van der Waals surface area contributed by atoms with Crippen LogP contribution in [0.1, 0.15) is 0 Å². The number of anilines is 2. The van der Waals surface area contributed by atoms with E-state index in [0.29, 0.717) is 16.4 Å². The third-order valence-corrected chi connectivity index (χ3v) is 4.15. The molecule has 3 aromatic rings. The summed E-state index contributed by atoms with van der Waals surface area (Å²) >= 11 is 8.27. The van der Waals surface area contributed by atoms with Crippen LogP contribution >= 0.6 is 34.2 Å². The van der Waals surface area contributed by atoms with Gasteiger partial charge in [0.25, 0.3) is 0 Å². The largest absolute Gasteiger partial charge is 0.376 e. The molecular formula is C16H13ClIN5O. The Morgan fingerprint density at radius 3 is 2.71 bits per heavy atom. The Kier molecular flexibility index (Phi) is 5.31. The van der Waals surface area contributed by atoms with Crippen LogP contribution in [0.5, 0.6) is 0 Å². The maximum absolute atomic E-state index is 12.2. The van der Waals surface area contributed by atoms with Crippen LogP contribution in [0.2, 0.25) is 5.02 Å². The molecule has 0 fully saturated rings. The molecule has 0 unspecified atom stereocenters. The van der Waals surface area contributed by atoms with Gasteiger partial charge >= 0.3 is 0 Å². The minimum atomic E-state index is -0.183. The van der Waals surface area contributed by atoms with E-state index in [0.717, 1.165) is 9.26 Å². The van der Waals surface area contributed by atoms with E-state index < -0.39 is 0 Å². The average molecular weight is 454 g/mol. The fraction of sp³-hybridized carbons (Fsp3) is 0.0625. The van der Waals surface area contributed by atoms with Crippen LogP contribution < -0.4 is 10.6 Å². The minimum absolute atomic E-state index is 0.143. The van der Waals surface area contributed by atoms with Gasteiger partial charge < -0.3 is 10.6 Å². The Balaban J connectivity index is 1.70. The van der Waals surface area contributed by atoms with Crippen molar-refractivity contribution in [2.75, 3.05) is 17.2 Å². The molecule has 0 bridgehead atoms. The molecule has 0 aliphatic heterocycles. The lowest BCUT2D eigenvalue weighted by atomic mass is 10.2. The monoisotopic (exact) mass is 453 g/mol. The summed E-state index contributed by atoms with van der Waals surface area (Å²) in [6.45, 7) is 0.143. The van der Waals surface area contributed by atoms with Crippen LogP contribution in [0.4, 0.5) is 11.4 Å². The van der Waals surface area contributed by atoms with Gasteiger partial charge in [-0.2, -0.15) is 5.10 Å². The van der Waals surface area contributed by atoms with Crippen LogP contribution in [-0.2, 0) is 4.79 Å². The van der Waals surface area contributed by atoms with E-state index in [1.807, 2.05) is 24.3 Å². The van der Waals surface area contributed by atoms with Gasteiger partial charge in [0, 0.05) is 14.3 Å². The topological polar surface area (TPSA) is 71.8 Å². The summed E-state index contributed by atoms with van der Waals surface area (Å²) in [7, 11) is 0. The van der Waals surface area contributed by atoms with Crippen LogP contribution in [-0.4, -0.2) is 27.2 Å². The standard InChI is InChI=1S/C16H13ClIN5O/c17-11-1-6-15(23-10-19-9-21-23)14(7-11)22-16(24)8-20-13-4-2-12(18)3-5-13/h1-7,9-10,20H,8H2,(H,22,24). The highest BCUT2D eigenvalue weighted by molar-refractivity contribution is 14.1. The molecule has 0 spiro atoms. The van der Waals surface area contributed by atoms with Crippen molar-refractivity contribution in [2.24, 2.45) is 0 Å². The minimum Gasteiger partial charge on any atom is -0.376 e. The molecule has 1 aromatic heterocycles. The summed E-state index contributed by atoms with van der Waals surface area (Å²) in [5.74, 6) is -0.183. The second-order valence-electron chi connectivity index (χ2n) is 4.91. The molecule has 2 N–H and O–H groups in total. The number of rotatable bonds is 5. The maximum atomic E-state index is 12.2. The Labute approximate surface area is 157 Å². The number of carbonyl (C=O) groups is 1. The first-order valence-electron chi connectivity index (χ1n) is 7.05. The smallest absolute Gasteiger partial charge is 0.243 e. The number of halogens is 2. The first-order valence-corrected chi connectivity index (χ1v) is 8.51. The Morgan fingerprint density at radius 2 is 2.00 bits per heavy atom. The average Bonchev–Trinajstić information content (AvgIpc) is 3.09. The lowest BCUT2D eigenvalue weighted by molar-refractivity contribution is -0.114. The molecule has 0 aliphatic rings. The molecule has 0 aliphatic carbocycles. The fourth-order valence-corrected chi connectivity index (χ4v) is 2.62. The highest BCUT2D eigenvalue weighted by Crippen LogP contribution is 2.23. The Morgan fingerprint density at radius 1 is 1.21 bits per heavy atom. The van der Waals surface area contributed by atoms with Crippen molar-refractivity contribution in [1.29, 1.82) is 0 Å². The highest BCUT2D eigenvalue weighted by Gasteiger charge is 2.10. The van der Waals surface area contributed by atoms with Crippen molar-refractivity contribution in [3.8, 4) is 5.69 Å². The number of aromatic nitrogens is 3. The molecule has 1 heterocycles. The molecule has 2 aromatic carbocycles. The van der Waals surface area contributed by atoms with E-state index in [1.165, 1.54) is 6.33 Å². The predicted molar refractivity (Wildman–Crippen MR) is 103 cm³/mol. The van der Waals surface area contributed by atoms with Gasteiger partial charge in [-0.05, 0) is 65.1 Å². The number of nitrogens with one attached hydrogen (secondary N) is 2. The molecule has 24 heavy (non-hydrogen) atoms. The molecule has 0 atom stereocenters. The van der Waals surface area contributed by atoms with Crippen molar-refractivity contribution in [2.45, 2.75) is 0 Å². The normalized spacial score (nSPS) is 10.4. The van der Waals surface area contributed by atoms with E-state index in [1.54, 1.807) is 29.2 Å². The van der Waals surface area contributed by atoms with Gasteiger partial charge in [0.05, 0.1) is 17.9 Å². The number of hydrogen-bond donors (Lipinski definition) is 2. The molecule has 0 radical (unpaired) electrons. The zero-order valence-corrected chi connectivity index (χ0v) is 15.3. The zero-order valence-electron chi connectivity index (χ0n) is 12.4. The lowest BCUT2D eigenvalue weighted by Gasteiger charge is -2.12. The van der Waals surface area contributed by atoms with Crippen LogP contribution in [0.25, 0.3) is 5.69 Å². The number of amides is 1. The van der Waals surface area contributed by atoms with Gasteiger partial charge in [-0.1, -0.05) is 11.6 Å². The summed E-state index contributed by atoms with van der Waals surface area (Å²) in [5.41, 5.74) is 2.15. The van der Waals surface area contributed by atoms with Gasteiger partial charge in [0.1, 0.15) is 12.7 Å². The predicted octanol–water partition coefficient (Wildman–Crippen LogP) is 3.58. The SMILES string of the molecule is O=C(CNc1ccc(I)cc1)Nc1cc(Cl)ccc1-n1cncn1. The number of nitrogens with zero attached hydrogens (tertiary/aromatic N) is 3. The van der Waals surface area contributed by atoms with Gasteiger partial charge in [-0.25, -0.2) is 9.67 Å². The van der Waals surface area contributed by atoms with Gasteiger partial charge in [-0.3, -0.25) is 4.79 Å². The van der Waals surface area contributed by atoms with Gasteiger partial charge in [0.15, 0.2) is 0 Å². The molecule has 122 valence electrons. The first-order chi connectivity index (χ1) is 11.6. The quantitative estimate of drug-likeness (QED) is 0.579. The highest BCUT2D eigenvalue weighted by atomic mass is 127. The molecular weight excluding hydrogens is 441 g/mol. The first kappa shape index (κ1) is 16.7. The summed E-state index contributed by atoms with van der Waals surface area (Å²) in [5, 5.41) is 10.5. The van der Waals surface area contributed by atoms with E-state index >= 15 is 0 Å². The van der Waals surface area contributed by atoms with Crippen molar-refractivity contribution in [1.82, 2.24) is 14.8 Å². The van der Waals surface area contributed by atoms with Crippen molar-refractivity contribution in [3.05, 3.63) is 63.7 Å². The van der Waals surface area contributed by atoms with Gasteiger partial charge in [-0.15, -0.1) is 0 Å². The van der Waals surface area contributed by atoms with Crippen LogP contribution in [0.15, 0.2) is 55.1 Å². The summed E-state index contributed by atoms with van der Waals surface area (Å²) in [4.78, 5) is 16.1. The second kappa shape index (κ2) is 7.63. The molecule has 3 rings (SSSR count). The fourth-order valence-electron chi connectivity index (χ4n) is 2.09. The van der Waals surface area contributed by atoms with E-state index in [-0.39, 0.29) is 12.5 Å². The third kappa shape index (κ3) is 4.24. The zero-order chi connectivity index (χ0) is 16.9.